The third-order valence-corrected chi connectivity index (χ3v) is 3.96. The average molecular weight is 307 g/mol. The summed E-state index contributed by atoms with van der Waals surface area (Å²) >= 11 is 1.43. The quantitative estimate of drug-likeness (QED) is 0.578. The van der Waals surface area contributed by atoms with Gasteiger partial charge in [-0.3, -0.25) is 4.79 Å². The van der Waals surface area contributed by atoms with Gasteiger partial charge in [0.1, 0.15) is 0 Å². The molecule has 21 heavy (non-hydrogen) atoms. The van der Waals surface area contributed by atoms with E-state index in [2.05, 4.69) is 17.2 Å². The highest BCUT2D eigenvalue weighted by molar-refractivity contribution is 7.22. The van der Waals surface area contributed by atoms with E-state index in [1.807, 2.05) is 12.1 Å². The molecule has 0 spiro atoms. The van der Waals surface area contributed by atoms with Crippen LogP contribution in [0.5, 0.6) is 0 Å². The first-order valence-electron chi connectivity index (χ1n) is 7.22. The molecule has 114 valence electrons. The van der Waals surface area contributed by atoms with Crippen LogP contribution in [0.4, 0.5) is 10.8 Å². The Hall–Kier alpha value is -1.66. The second-order valence-corrected chi connectivity index (χ2v) is 5.89. The van der Waals surface area contributed by atoms with Crippen molar-refractivity contribution in [2.75, 3.05) is 24.3 Å². The van der Waals surface area contributed by atoms with Gasteiger partial charge < -0.3 is 15.8 Å². The van der Waals surface area contributed by atoms with E-state index in [0.29, 0.717) is 23.8 Å². The molecule has 3 N–H and O–H groups in total. The second kappa shape index (κ2) is 7.95. The van der Waals surface area contributed by atoms with Crippen LogP contribution in [0.3, 0.4) is 0 Å². The molecule has 1 aromatic carbocycles. The number of hydrogen-bond donors (Lipinski definition) is 2. The highest BCUT2D eigenvalue weighted by atomic mass is 32.1. The summed E-state index contributed by atoms with van der Waals surface area (Å²) in [7, 11) is 0. The zero-order valence-electron chi connectivity index (χ0n) is 12.2. The number of nitrogens with two attached hydrogens (primary N) is 1. The Labute approximate surface area is 128 Å². The number of unbranched alkanes of at least 4 members (excludes halogenated alkanes) is 2. The minimum absolute atomic E-state index is 0.0717. The minimum atomic E-state index is -0.0717. The van der Waals surface area contributed by atoms with Gasteiger partial charge >= 0.3 is 0 Å². The normalized spacial score (nSPS) is 10.9. The predicted octanol–water partition coefficient (Wildman–Crippen LogP) is 3.41. The number of hydrogen-bond acceptors (Lipinski definition) is 5. The lowest BCUT2D eigenvalue weighted by atomic mass is 10.3. The minimum Gasteiger partial charge on any atom is -0.399 e. The van der Waals surface area contributed by atoms with E-state index in [1.165, 1.54) is 24.2 Å². The summed E-state index contributed by atoms with van der Waals surface area (Å²) in [6, 6.07) is 5.52. The summed E-state index contributed by atoms with van der Waals surface area (Å²) in [5.74, 6) is -0.0717. The van der Waals surface area contributed by atoms with Crippen molar-refractivity contribution in [3.8, 4) is 0 Å². The lowest BCUT2D eigenvalue weighted by Crippen LogP contribution is -2.14. The lowest BCUT2D eigenvalue weighted by Gasteiger charge is -2.03. The van der Waals surface area contributed by atoms with Crippen molar-refractivity contribution in [3.05, 3.63) is 18.2 Å². The number of thiazole rings is 1. The number of nitrogens with zero attached hydrogens (tertiary/aromatic N) is 1. The molecule has 2 aromatic rings. The molecule has 0 aliphatic carbocycles. The van der Waals surface area contributed by atoms with Gasteiger partial charge in [0.05, 0.1) is 23.2 Å². The molecule has 1 heterocycles. The molecule has 0 atom stereocenters. The number of rotatable bonds is 8. The van der Waals surface area contributed by atoms with Crippen LogP contribution in [0.1, 0.15) is 32.6 Å². The van der Waals surface area contributed by atoms with Gasteiger partial charge in [-0.25, -0.2) is 4.98 Å². The lowest BCUT2D eigenvalue weighted by molar-refractivity contribution is -0.117. The Morgan fingerprint density at radius 3 is 3.05 bits per heavy atom. The van der Waals surface area contributed by atoms with Crippen LogP contribution in [0.25, 0.3) is 10.2 Å². The number of amides is 1. The topological polar surface area (TPSA) is 77.2 Å². The van der Waals surface area contributed by atoms with Crippen LogP contribution < -0.4 is 11.1 Å². The molecule has 1 amide bonds. The van der Waals surface area contributed by atoms with Gasteiger partial charge in [0.2, 0.25) is 5.91 Å². The SMILES string of the molecule is CCCCCOCCC(=O)Nc1nc2ccc(N)cc2s1. The molecule has 0 aliphatic heterocycles. The van der Waals surface area contributed by atoms with Gasteiger partial charge in [-0.05, 0) is 24.6 Å². The Balaban J connectivity index is 1.76. The molecular weight excluding hydrogens is 286 g/mol. The molecule has 0 fully saturated rings. The standard InChI is InChI=1S/C15H21N3O2S/c1-2-3-4-8-20-9-7-14(19)18-15-17-12-6-5-11(16)10-13(12)21-15/h5-6,10H,2-4,7-9,16H2,1H3,(H,17,18,19). The number of aromatic nitrogens is 1. The van der Waals surface area contributed by atoms with Gasteiger partial charge in [0.15, 0.2) is 5.13 Å². The Morgan fingerprint density at radius 2 is 2.24 bits per heavy atom. The highest BCUT2D eigenvalue weighted by Crippen LogP contribution is 2.27. The van der Waals surface area contributed by atoms with Gasteiger partial charge in [-0.2, -0.15) is 0 Å². The molecule has 2 rings (SSSR count). The molecule has 6 heteroatoms. The summed E-state index contributed by atoms with van der Waals surface area (Å²) in [6.45, 7) is 3.33. The van der Waals surface area contributed by atoms with Crippen LogP contribution in [0.2, 0.25) is 0 Å². The van der Waals surface area contributed by atoms with Gasteiger partial charge in [-0.1, -0.05) is 31.1 Å². The van der Waals surface area contributed by atoms with Crippen LogP contribution in [0.15, 0.2) is 18.2 Å². The summed E-state index contributed by atoms with van der Waals surface area (Å²) in [5, 5.41) is 3.40. The fourth-order valence-corrected chi connectivity index (χ4v) is 2.83. The molecular formula is C15H21N3O2S. The predicted molar refractivity (Wildman–Crippen MR) is 87.6 cm³/mol. The first-order chi connectivity index (χ1) is 10.2. The van der Waals surface area contributed by atoms with Crippen LogP contribution in [-0.4, -0.2) is 24.1 Å². The molecule has 0 saturated carbocycles. The number of nitrogen functional groups attached to an aromatic ring is 1. The molecule has 0 bridgehead atoms. The summed E-state index contributed by atoms with van der Waals surface area (Å²) < 4.78 is 6.40. The third kappa shape index (κ3) is 4.99. The van der Waals surface area contributed by atoms with E-state index in [4.69, 9.17) is 10.5 Å². The molecule has 5 nitrogen and oxygen atoms in total. The number of ether oxygens (including phenoxy) is 1. The first-order valence-corrected chi connectivity index (χ1v) is 8.04. The van der Waals surface area contributed by atoms with E-state index in [-0.39, 0.29) is 5.91 Å². The van der Waals surface area contributed by atoms with Crippen molar-refractivity contribution >= 4 is 38.3 Å². The number of anilines is 2. The summed E-state index contributed by atoms with van der Waals surface area (Å²) in [4.78, 5) is 16.1. The fraction of sp³-hybridized carbons (Fsp3) is 0.467. The molecule has 0 radical (unpaired) electrons. The number of benzene rings is 1. The number of nitrogens with one attached hydrogen (secondary N) is 1. The van der Waals surface area contributed by atoms with Crippen molar-refractivity contribution in [1.82, 2.24) is 4.98 Å². The molecule has 0 saturated heterocycles. The highest BCUT2D eigenvalue weighted by Gasteiger charge is 2.08. The largest absolute Gasteiger partial charge is 0.399 e. The van der Waals surface area contributed by atoms with Crippen molar-refractivity contribution in [1.29, 1.82) is 0 Å². The van der Waals surface area contributed by atoms with Crippen molar-refractivity contribution < 1.29 is 9.53 Å². The van der Waals surface area contributed by atoms with Gasteiger partial charge in [0.25, 0.3) is 0 Å². The Bertz CT molecular complexity index is 598. The van der Waals surface area contributed by atoms with Crippen LogP contribution in [-0.2, 0) is 9.53 Å². The zero-order chi connectivity index (χ0) is 15.1. The maximum atomic E-state index is 11.8. The first kappa shape index (κ1) is 15.7. The molecule has 0 aliphatic rings. The van der Waals surface area contributed by atoms with Gasteiger partial charge in [0, 0.05) is 12.3 Å². The van der Waals surface area contributed by atoms with Gasteiger partial charge in [-0.15, -0.1) is 0 Å². The molecule has 0 unspecified atom stereocenters. The van der Waals surface area contributed by atoms with Crippen LogP contribution in [0, 0.1) is 0 Å². The van der Waals surface area contributed by atoms with E-state index < -0.39 is 0 Å². The number of fused-ring (bicyclic) bond motifs is 1. The Kier molecular flexibility index (Phi) is 5.95. The maximum absolute atomic E-state index is 11.8. The number of carbonyl (C=O) groups excluding carboxylic acids is 1. The van der Waals surface area contributed by atoms with E-state index in [0.717, 1.165) is 23.2 Å². The molecule has 1 aromatic heterocycles. The number of carbonyl (C=O) groups is 1. The van der Waals surface area contributed by atoms with E-state index in [9.17, 15) is 4.79 Å². The third-order valence-electron chi connectivity index (χ3n) is 3.02. The van der Waals surface area contributed by atoms with E-state index in [1.54, 1.807) is 6.07 Å². The fourth-order valence-electron chi connectivity index (χ4n) is 1.90. The zero-order valence-corrected chi connectivity index (χ0v) is 13.0. The monoisotopic (exact) mass is 307 g/mol. The second-order valence-electron chi connectivity index (χ2n) is 4.86. The average Bonchev–Trinajstić information content (AvgIpc) is 2.83. The smallest absolute Gasteiger partial charge is 0.228 e. The van der Waals surface area contributed by atoms with Crippen molar-refractivity contribution in [3.63, 3.8) is 0 Å². The summed E-state index contributed by atoms with van der Waals surface area (Å²) in [6.07, 6.45) is 3.74. The van der Waals surface area contributed by atoms with Crippen molar-refractivity contribution in [2.24, 2.45) is 0 Å². The Morgan fingerprint density at radius 1 is 1.38 bits per heavy atom. The van der Waals surface area contributed by atoms with E-state index >= 15 is 0 Å². The van der Waals surface area contributed by atoms with Crippen molar-refractivity contribution in [2.45, 2.75) is 32.6 Å². The maximum Gasteiger partial charge on any atom is 0.228 e. The van der Waals surface area contributed by atoms with Crippen LogP contribution >= 0.6 is 11.3 Å². The summed E-state index contributed by atoms with van der Waals surface area (Å²) in [5.41, 5.74) is 7.27.